The van der Waals surface area contributed by atoms with Crippen LogP contribution < -0.4 is 16.0 Å². The van der Waals surface area contributed by atoms with Crippen molar-refractivity contribution in [2.45, 2.75) is 6.54 Å². The van der Waals surface area contributed by atoms with Crippen LogP contribution in [-0.4, -0.2) is 28.7 Å². The van der Waals surface area contributed by atoms with Gasteiger partial charge in [-0.25, -0.2) is 5.48 Å². The van der Waals surface area contributed by atoms with Crippen LogP contribution in [0.1, 0.15) is 26.4 Å². The molecule has 2 aromatic carbocycles. The van der Waals surface area contributed by atoms with E-state index >= 15 is 0 Å². The first-order valence-corrected chi connectivity index (χ1v) is 9.75. The largest absolute Gasteiger partial charge is 0.497 e. The minimum Gasteiger partial charge on any atom is -0.497 e. The summed E-state index contributed by atoms with van der Waals surface area (Å²) in [6.07, 6.45) is 3.10. The van der Waals surface area contributed by atoms with Crippen molar-refractivity contribution in [3.8, 4) is 28.1 Å². The summed E-state index contributed by atoms with van der Waals surface area (Å²) in [6, 6.07) is 17.9. The van der Waals surface area contributed by atoms with Gasteiger partial charge in [0, 0.05) is 28.9 Å². The molecule has 32 heavy (non-hydrogen) atoms. The Hall–Kier alpha value is -4.30. The molecule has 2 aromatic heterocycles. The Morgan fingerprint density at radius 2 is 1.78 bits per heavy atom. The second kappa shape index (κ2) is 8.83. The van der Waals surface area contributed by atoms with Crippen molar-refractivity contribution in [3.05, 3.63) is 90.0 Å². The highest BCUT2D eigenvalue weighted by molar-refractivity contribution is 6.00. The summed E-state index contributed by atoms with van der Waals surface area (Å²) in [4.78, 5) is 24.1. The molecule has 0 unspecified atom stereocenters. The third-order valence-electron chi connectivity index (χ3n) is 5.21. The normalized spacial score (nSPS) is 10.7. The van der Waals surface area contributed by atoms with Gasteiger partial charge in [-0.1, -0.05) is 12.1 Å². The first-order valence-electron chi connectivity index (χ1n) is 9.75. The maximum absolute atomic E-state index is 12.5. The van der Waals surface area contributed by atoms with Crippen molar-refractivity contribution in [1.82, 2.24) is 10.0 Å². The first-order chi connectivity index (χ1) is 15.5. The van der Waals surface area contributed by atoms with Gasteiger partial charge in [0.1, 0.15) is 11.4 Å². The van der Waals surface area contributed by atoms with Gasteiger partial charge in [-0.3, -0.25) is 14.8 Å². The molecule has 0 aliphatic rings. The Morgan fingerprint density at radius 1 is 1.06 bits per heavy atom. The highest BCUT2D eigenvalue weighted by atomic mass is 16.5. The standard InChI is InChI=1S/C24H21N3O5/c1-31-19-8-6-16(7-9-19)21-12-20(18-10-11-32-14-18)22(23(25)28)27(21)13-15-2-4-17(5-3-15)24(29)26-30/h2-12,14,30H,13H2,1H3,(H2,25,28)(H,26,29). The highest BCUT2D eigenvalue weighted by Crippen LogP contribution is 2.34. The van der Waals surface area contributed by atoms with Crippen LogP contribution in [0.5, 0.6) is 5.75 Å². The van der Waals surface area contributed by atoms with Crippen LogP contribution >= 0.6 is 0 Å². The fraction of sp³-hybridized carbons (Fsp3) is 0.0833. The SMILES string of the molecule is COc1ccc(-c2cc(-c3ccoc3)c(C(N)=O)n2Cc2ccc(C(=O)NO)cc2)cc1. The number of methoxy groups -OCH3 is 1. The quantitative estimate of drug-likeness (QED) is 0.305. The monoisotopic (exact) mass is 431 g/mol. The third kappa shape index (κ3) is 3.99. The number of rotatable bonds is 7. The minimum atomic E-state index is -0.600. The van der Waals surface area contributed by atoms with Crippen LogP contribution in [0.3, 0.4) is 0 Å². The van der Waals surface area contributed by atoms with E-state index in [4.69, 9.17) is 20.1 Å². The molecule has 0 bridgehead atoms. The summed E-state index contributed by atoms with van der Waals surface area (Å²) >= 11 is 0. The van der Waals surface area contributed by atoms with Crippen molar-refractivity contribution in [2.75, 3.05) is 7.11 Å². The number of nitrogens with zero attached hydrogens (tertiary/aromatic N) is 1. The number of nitrogens with one attached hydrogen (secondary N) is 1. The predicted molar refractivity (Wildman–Crippen MR) is 117 cm³/mol. The maximum atomic E-state index is 12.5. The number of carbonyl (C=O) groups is 2. The molecule has 8 nitrogen and oxygen atoms in total. The molecular formula is C24H21N3O5. The molecule has 4 rings (SSSR count). The topological polar surface area (TPSA) is 120 Å². The number of aromatic nitrogens is 1. The number of hydrogen-bond acceptors (Lipinski definition) is 5. The van der Waals surface area contributed by atoms with E-state index in [1.54, 1.807) is 49.2 Å². The van der Waals surface area contributed by atoms with Gasteiger partial charge in [0.2, 0.25) is 0 Å². The van der Waals surface area contributed by atoms with Gasteiger partial charge in [-0.15, -0.1) is 0 Å². The van der Waals surface area contributed by atoms with Crippen molar-refractivity contribution in [1.29, 1.82) is 0 Å². The smallest absolute Gasteiger partial charge is 0.274 e. The Bertz CT molecular complexity index is 1240. The van der Waals surface area contributed by atoms with Gasteiger partial charge in [0.25, 0.3) is 11.8 Å². The molecule has 0 saturated carbocycles. The van der Waals surface area contributed by atoms with Gasteiger partial charge in [0.15, 0.2) is 0 Å². The molecule has 2 heterocycles. The van der Waals surface area contributed by atoms with Crippen LogP contribution in [0.2, 0.25) is 0 Å². The van der Waals surface area contributed by atoms with E-state index in [1.807, 2.05) is 34.9 Å². The van der Waals surface area contributed by atoms with Crippen molar-refractivity contribution < 1.29 is 24.0 Å². The number of hydrogen-bond donors (Lipinski definition) is 3. The van der Waals surface area contributed by atoms with E-state index in [1.165, 1.54) is 6.26 Å². The molecule has 2 amide bonds. The second-order valence-corrected chi connectivity index (χ2v) is 7.12. The summed E-state index contributed by atoms with van der Waals surface area (Å²) in [5.74, 6) is -0.455. The first kappa shape index (κ1) is 21.0. The molecule has 4 aromatic rings. The number of hydroxylamine groups is 1. The molecule has 0 radical (unpaired) electrons. The Kier molecular flexibility index (Phi) is 5.78. The zero-order chi connectivity index (χ0) is 22.7. The number of benzene rings is 2. The fourth-order valence-electron chi connectivity index (χ4n) is 3.63. The lowest BCUT2D eigenvalue weighted by molar-refractivity contribution is 0.0706. The average Bonchev–Trinajstić information content (AvgIpc) is 3.47. The molecule has 0 aliphatic carbocycles. The fourth-order valence-corrected chi connectivity index (χ4v) is 3.63. The molecule has 0 fully saturated rings. The molecular weight excluding hydrogens is 410 g/mol. The summed E-state index contributed by atoms with van der Waals surface area (Å²) in [5, 5.41) is 8.81. The van der Waals surface area contributed by atoms with E-state index in [2.05, 4.69) is 0 Å². The molecule has 0 spiro atoms. The van der Waals surface area contributed by atoms with E-state index < -0.39 is 11.8 Å². The maximum Gasteiger partial charge on any atom is 0.274 e. The van der Waals surface area contributed by atoms with E-state index in [-0.39, 0.29) is 0 Å². The molecule has 8 heteroatoms. The highest BCUT2D eigenvalue weighted by Gasteiger charge is 2.22. The van der Waals surface area contributed by atoms with Crippen LogP contribution in [0.4, 0.5) is 0 Å². The summed E-state index contributed by atoms with van der Waals surface area (Å²) in [6.45, 7) is 0.332. The number of furan rings is 1. The molecule has 0 saturated heterocycles. The van der Waals surface area contributed by atoms with Gasteiger partial charge in [0.05, 0.1) is 19.6 Å². The minimum absolute atomic E-state index is 0.313. The molecule has 4 N–H and O–H groups in total. The number of primary amides is 1. The Labute approximate surface area is 183 Å². The number of ether oxygens (including phenoxy) is 1. The summed E-state index contributed by atoms with van der Waals surface area (Å²) < 4.78 is 12.3. The zero-order valence-corrected chi connectivity index (χ0v) is 17.2. The lowest BCUT2D eigenvalue weighted by Gasteiger charge is -2.14. The summed E-state index contributed by atoms with van der Waals surface area (Å²) in [5.41, 5.74) is 12.0. The lowest BCUT2D eigenvalue weighted by Crippen LogP contribution is -2.19. The lowest BCUT2D eigenvalue weighted by atomic mass is 10.1. The van der Waals surface area contributed by atoms with E-state index in [0.29, 0.717) is 23.4 Å². The van der Waals surface area contributed by atoms with Crippen LogP contribution in [0, 0.1) is 0 Å². The van der Waals surface area contributed by atoms with Gasteiger partial charge in [-0.05, 0) is 59.7 Å². The number of amides is 2. The summed E-state index contributed by atoms with van der Waals surface area (Å²) in [7, 11) is 1.60. The number of nitrogens with two attached hydrogens (primary N) is 1. The third-order valence-corrected chi connectivity index (χ3v) is 5.21. The van der Waals surface area contributed by atoms with Crippen molar-refractivity contribution in [3.63, 3.8) is 0 Å². The predicted octanol–water partition coefficient (Wildman–Crippen LogP) is 3.69. The van der Waals surface area contributed by atoms with Gasteiger partial charge in [-0.2, -0.15) is 0 Å². The van der Waals surface area contributed by atoms with Crippen molar-refractivity contribution >= 4 is 11.8 Å². The number of carbonyl (C=O) groups excluding carboxylic acids is 2. The van der Waals surface area contributed by atoms with Crippen LogP contribution in [-0.2, 0) is 6.54 Å². The zero-order valence-electron chi connectivity index (χ0n) is 17.2. The van der Waals surface area contributed by atoms with Gasteiger partial charge < -0.3 is 19.5 Å². The van der Waals surface area contributed by atoms with E-state index in [9.17, 15) is 9.59 Å². The Balaban J connectivity index is 1.84. The second-order valence-electron chi connectivity index (χ2n) is 7.12. The average molecular weight is 431 g/mol. The van der Waals surface area contributed by atoms with Crippen molar-refractivity contribution in [2.24, 2.45) is 5.73 Å². The van der Waals surface area contributed by atoms with Crippen LogP contribution in [0.25, 0.3) is 22.4 Å². The van der Waals surface area contributed by atoms with Gasteiger partial charge >= 0.3 is 0 Å². The molecule has 0 atom stereocenters. The van der Waals surface area contributed by atoms with E-state index in [0.717, 1.165) is 28.1 Å². The van der Waals surface area contributed by atoms with Crippen LogP contribution in [0.15, 0.2) is 77.6 Å². The molecule has 162 valence electrons. The Morgan fingerprint density at radius 3 is 2.34 bits per heavy atom. The molecule has 0 aliphatic heterocycles.